The molecule has 0 amide bonds. The summed E-state index contributed by atoms with van der Waals surface area (Å²) in [6.07, 6.45) is 6.95. The Balaban J connectivity index is 1.70. The van der Waals surface area contributed by atoms with Crippen LogP contribution in [0, 0.1) is 6.92 Å². The Morgan fingerprint density at radius 1 is 1.03 bits per heavy atom. The van der Waals surface area contributed by atoms with Crippen molar-refractivity contribution in [1.82, 2.24) is 14.0 Å². The van der Waals surface area contributed by atoms with Crippen molar-refractivity contribution in [2.75, 3.05) is 4.90 Å². The van der Waals surface area contributed by atoms with Crippen LogP contribution in [0.3, 0.4) is 0 Å². The van der Waals surface area contributed by atoms with Gasteiger partial charge in [-0.25, -0.2) is 9.13 Å². The predicted octanol–water partition coefficient (Wildman–Crippen LogP) is 4.57. The molecule has 0 spiro atoms. The quantitative estimate of drug-likeness (QED) is 0.606. The van der Waals surface area contributed by atoms with E-state index in [1.165, 1.54) is 28.2 Å². The molecule has 0 bridgehead atoms. The Labute approximate surface area is 174 Å². The van der Waals surface area contributed by atoms with E-state index in [4.69, 9.17) is 0 Å². The van der Waals surface area contributed by atoms with Gasteiger partial charge >= 0.3 is 0 Å². The summed E-state index contributed by atoms with van der Waals surface area (Å²) < 4.78 is 6.96. The first kappa shape index (κ1) is 19.6. The molecule has 5 nitrogen and oxygen atoms in total. The maximum atomic E-state index is 2.46. The number of hydrogen-bond acceptors (Lipinski definition) is 2. The van der Waals surface area contributed by atoms with Gasteiger partial charge in [0.1, 0.15) is 6.17 Å². The number of imidazole rings is 1. The zero-order chi connectivity index (χ0) is 21.1. The normalized spacial score (nSPS) is 17.3. The van der Waals surface area contributed by atoms with Crippen molar-refractivity contribution < 1.29 is 4.57 Å². The Hall–Kier alpha value is -2.69. The number of hydrogen-bond donors (Lipinski definition) is 0. The molecule has 0 saturated carbocycles. The summed E-state index contributed by atoms with van der Waals surface area (Å²) in [6.45, 7) is 13.6. The second kappa shape index (κ2) is 6.68. The van der Waals surface area contributed by atoms with Crippen LogP contribution in [0.15, 0.2) is 48.9 Å². The van der Waals surface area contributed by atoms with E-state index in [1.54, 1.807) is 0 Å². The topological polar surface area (TPSA) is 20.2 Å². The molecule has 0 aliphatic carbocycles. The third kappa shape index (κ3) is 2.86. The van der Waals surface area contributed by atoms with Crippen LogP contribution in [0.4, 0.5) is 5.82 Å². The minimum Gasteiger partial charge on any atom is -0.346 e. The average molecular weight is 393 g/mol. The van der Waals surface area contributed by atoms with E-state index in [-0.39, 0.29) is 11.7 Å². The predicted molar refractivity (Wildman–Crippen MR) is 120 cm³/mol. The second-order valence-electron chi connectivity index (χ2n) is 9.05. The lowest BCUT2D eigenvalue weighted by atomic mass is 9.97. The van der Waals surface area contributed by atoms with Gasteiger partial charge in [-0.15, -0.1) is 0 Å². The van der Waals surface area contributed by atoms with Crippen molar-refractivity contribution in [3.05, 3.63) is 60.4 Å². The van der Waals surface area contributed by atoms with Crippen LogP contribution in [0.5, 0.6) is 0 Å². The van der Waals surface area contributed by atoms with Crippen LogP contribution >= 0.6 is 0 Å². The van der Waals surface area contributed by atoms with Crippen molar-refractivity contribution in [2.45, 2.75) is 59.3 Å². The van der Waals surface area contributed by atoms with Crippen LogP contribution in [0.1, 0.15) is 52.2 Å². The molecule has 1 atom stereocenters. The van der Waals surface area contributed by atoms with Crippen molar-refractivity contribution in [3.8, 4) is 0 Å². The van der Waals surface area contributed by atoms with Crippen LogP contribution in [0.2, 0.25) is 0 Å². The molecule has 3 heterocycles. The summed E-state index contributed by atoms with van der Waals surface area (Å²) in [5, 5.41) is 1.29. The van der Waals surface area contributed by atoms with Crippen LogP contribution in [-0.2, 0) is 19.6 Å². The molecule has 29 heavy (non-hydrogen) atoms. The molecule has 3 aromatic rings. The fourth-order valence-electron chi connectivity index (χ4n) is 4.86. The lowest BCUT2D eigenvalue weighted by molar-refractivity contribution is -0.721. The van der Waals surface area contributed by atoms with E-state index in [9.17, 15) is 0 Å². The van der Waals surface area contributed by atoms with Gasteiger partial charge in [-0.1, -0.05) is 18.2 Å². The Morgan fingerprint density at radius 2 is 1.72 bits per heavy atom. The molecule has 0 unspecified atom stereocenters. The van der Waals surface area contributed by atoms with E-state index < -0.39 is 0 Å². The summed E-state index contributed by atoms with van der Waals surface area (Å²) in [5.74, 6) is 2.48. The molecule has 0 N–H and O–H groups in total. The highest BCUT2D eigenvalue weighted by Gasteiger charge is 2.39. The van der Waals surface area contributed by atoms with Crippen molar-refractivity contribution in [1.29, 1.82) is 0 Å². The number of para-hydroxylation sites is 1. The Kier molecular flexibility index (Phi) is 4.52. The Morgan fingerprint density at radius 3 is 2.34 bits per heavy atom. The van der Waals surface area contributed by atoms with Crippen molar-refractivity contribution in [3.63, 3.8) is 0 Å². The van der Waals surface area contributed by atoms with Gasteiger partial charge in [0.15, 0.2) is 6.20 Å². The lowest BCUT2D eigenvalue weighted by Crippen LogP contribution is -2.47. The average Bonchev–Trinajstić information content (AvgIpc) is 3.31. The van der Waals surface area contributed by atoms with E-state index >= 15 is 0 Å². The van der Waals surface area contributed by atoms with E-state index in [0.29, 0.717) is 6.04 Å². The monoisotopic (exact) mass is 392 g/mol. The smallest absolute Gasteiger partial charge is 0.254 e. The number of anilines is 1. The molecule has 4 rings (SSSR count). The second-order valence-corrected chi connectivity index (χ2v) is 9.05. The van der Waals surface area contributed by atoms with Crippen molar-refractivity contribution in [2.24, 2.45) is 14.1 Å². The van der Waals surface area contributed by atoms with Gasteiger partial charge in [0.25, 0.3) is 5.82 Å². The summed E-state index contributed by atoms with van der Waals surface area (Å²) in [5.41, 5.74) is 2.45. The zero-order valence-electron chi connectivity index (χ0n) is 19.0. The van der Waals surface area contributed by atoms with Gasteiger partial charge in [0.2, 0.25) is 5.82 Å². The van der Waals surface area contributed by atoms with Crippen LogP contribution in [0.25, 0.3) is 10.9 Å². The molecule has 0 radical (unpaired) electrons. The maximum Gasteiger partial charge on any atom is 0.254 e. The summed E-state index contributed by atoms with van der Waals surface area (Å²) in [6, 6.07) is 11.4. The van der Waals surface area contributed by atoms with Gasteiger partial charge in [-0.3, -0.25) is 4.90 Å². The summed E-state index contributed by atoms with van der Waals surface area (Å²) in [4.78, 5) is 4.83. The molecule has 1 aliphatic heterocycles. The molecule has 1 aromatic carbocycles. The molecular weight excluding hydrogens is 358 g/mol. The third-order valence-electron chi connectivity index (χ3n) is 6.70. The van der Waals surface area contributed by atoms with E-state index in [1.807, 2.05) is 0 Å². The van der Waals surface area contributed by atoms with Gasteiger partial charge in [0.05, 0.1) is 18.6 Å². The minimum atomic E-state index is -0.146. The molecule has 0 fully saturated rings. The first-order valence-electron chi connectivity index (χ1n) is 10.5. The summed E-state index contributed by atoms with van der Waals surface area (Å²) >= 11 is 0. The van der Waals surface area contributed by atoms with Crippen molar-refractivity contribution >= 4 is 16.7 Å². The Bertz CT molecular complexity index is 1080. The van der Waals surface area contributed by atoms with Gasteiger partial charge in [-0.2, -0.15) is 0 Å². The number of rotatable bonds is 4. The molecule has 154 valence electrons. The third-order valence-corrected chi connectivity index (χ3v) is 6.70. The van der Waals surface area contributed by atoms with E-state index in [2.05, 4.69) is 128 Å². The van der Waals surface area contributed by atoms with Gasteiger partial charge in [-0.05, 0) is 52.1 Å². The highest BCUT2D eigenvalue weighted by Crippen LogP contribution is 2.37. The molecular formula is C24H34N5+. The minimum absolute atomic E-state index is 0.146. The lowest BCUT2D eigenvalue weighted by Gasteiger charge is -2.41. The molecule has 0 saturated heterocycles. The molecule has 1 aliphatic rings. The highest BCUT2D eigenvalue weighted by molar-refractivity contribution is 5.81. The number of aryl methyl sites for hydroxylation is 1. The number of benzene rings is 1. The van der Waals surface area contributed by atoms with Gasteiger partial charge < -0.3 is 9.47 Å². The largest absolute Gasteiger partial charge is 0.346 e. The molecule has 2 aromatic heterocycles. The van der Waals surface area contributed by atoms with Gasteiger partial charge in [0, 0.05) is 37.6 Å². The first-order valence-corrected chi connectivity index (χ1v) is 10.5. The SMILES string of the molecule is Cc1n(C)c(N2C=CN(C(C)(C)c3cc4ccccc4n3C)[C@@H]2C)c[n+]1C(C)C. The zero-order valence-corrected chi connectivity index (χ0v) is 19.0. The number of fused-ring (bicyclic) bond motifs is 1. The number of nitrogens with zero attached hydrogens (tertiary/aromatic N) is 5. The summed E-state index contributed by atoms with van der Waals surface area (Å²) in [7, 11) is 4.33. The fraction of sp³-hybridized carbons (Fsp3) is 0.458. The maximum absolute atomic E-state index is 2.46. The number of aromatic nitrogens is 3. The van der Waals surface area contributed by atoms with Crippen LogP contribution < -0.4 is 9.47 Å². The van der Waals surface area contributed by atoms with Crippen LogP contribution in [-0.4, -0.2) is 20.2 Å². The molecule has 5 heteroatoms. The van der Waals surface area contributed by atoms with E-state index in [0.717, 1.165) is 0 Å². The standard InChI is InChI=1S/C24H34N5/c1-17(2)28-16-23(25(7)18(28)3)27-13-14-29(19(27)4)24(5,6)22-15-20-11-9-10-12-21(20)26(22)8/h9-17,19H,1-8H3/q+1/t19-/m1/s1. The fourth-order valence-corrected chi connectivity index (χ4v) is 4.86. The highest BCUT2D eigenvalue weighted by atomic mass is 15.4. The first-order chi connectivity index (χ1) is 13.6.